The third kappa shape index (κ3) is 9.21. The van der Waals surface area contributed by atoms with Crippen molar-refractivity contribution in [2.75, 3.05) is 0 Å². The Morgan fingerprint density at radius 2 is 0.409 bits per heavy atom. The summed E-state index contributed by atoms with van der Waals surface area (Å²) in [5.41, 5.74) is 13.7. The molecular weight excluding hydrogens is 953 g/mol. The summed E-state index contributed by atoms with van der Waals surface area (Å²) in [6, 6.07) is 68.3. The Bertz CT molecular complexity index is 2800. The molecule has 0 atom stereocenters. The zero-order chi connectivity index (χ0) is 46.3. The fraction of sp³-hybridized carbons (Fsp3) is 0.0690. The highest BCUT2D eigenvalue weighted by atomic mass is 32.1. The van der Waals surface area contributed by atoms with Gasteiger partial charge in [-0.05, 0) is 189 Å². The van der Waals surface area contributed by atoms with Crippen LogP contribution in [-0.2, 0) is 10.8 Å². The second-order valence-corrected chi connectivity index (χ2v) is 20.9. The molecule has 0 aromatic heterocycles. The van der Waals surface area contributed by atoms with Gasteiger partial charge in [0.15, 0.2) is 0 Å². The normalized spacial score (nSPS) is 11.8. The number of hydrogen-bond donors (Lipinski definition) is 8. The Labute approximate surface area is 433 Å². The lowest BCUT2D eigenvalue weighted by atomic mass is 9.67. The van der Waals surface area contributed by atoms with Gasteiger partial charge in [-0.25, -0.2) is 0 Å². The zero-order valence-electron chi connectivity index (χ0n) is 36.1. The second-order valence-electron chi connectivity index (χ2n) is 16.9. The maximum absolute atomic E-state index is 5.21. The van der Waals surface area contributed by atoms with Gasteiger partial charge in [0.1, 0.15) is 0 Å². The van der Waals surface area contributed by atoms with Crippen LogP contribution < -0.4 is 0 Å². The first-order chi connectivity index (χ1) is 31.7. The van der Waals surface area contributed by atoms with Crippen LogP contribution in [0.25, 0.3) is 44.5 Å². The van der Waals surface area contributed by atoms with Gasteiger partial charge < -0.3 is 0 Å². The Balaban J connectivity index is 1.27. The molecule has 0 radical (unpaired) electrons. The highest BCUT2D eigenvalue weighted by Crippen LogP contribution is 2.50. The predicted molar refractivity (Wildman–Crippen MR) is 303 cm³/mol. The molecule has 0 spiro atoms. The van der Waals surface area contributed by atoms with Gasteiger partial charge in [-0.3, -0.25) is 0 Å². The molecule has 0 aliphatic heterocycles. The van der Waals surface area contributed by atoms with E-state index in [-0.39, 0.29) is 0 Å². The van der Waals surface area contributed by atoms with Crippen molar-refractivity contribution in [3.63, 3.8) is 0 Å². The third-order valence-electron chi connectivity index (χ3n) is 13.0. The molecule has 0 unspecified atom stereocenters. The monoisotopic (exact) mass is 998 g/mol. The lowest BCUT2D eigenvalue weighted by Crippen LogP contribution is -2.29. The van der Waals surface area contributed by atoms with Crippen LogP contribution in [0.4, 0.5) is 0 Å². The topological polar surface area (TPSA) is 0 Å². The van der Waals surface area contributed by atoms with Crippen LogP contribution >= 0.6 is 101 Å². The quantitative estimate of drug-likeness (QED) is 0.0486. The Morgan fingerprint density at radius 3 is 0.606 bits per heavy atom. The first kappa shape index (κ1) is 46.9. The predicted octanol–water partition coefficient (Wildman–Crippen LogP) is 17.4. The summed E-state index contributed by atoms with van der Waals surface area (Å²) in [7, 11) is 0. The van der Waals surface area contributed by atoms with E-state index in [1.807, 2.05) is 48.5 Å². The van der Waals surface area contributed by atoms with E-state index >= 15 is 0 Å². The second kappa shape index (κ2) is 19.4. The summed E-state index contributed by atoms with van der Waals surface area (Å²) in [6.45, 7) is 4.59. The highest BCUT2D eigenvalue weighted by Gasteiger charge is 2.38. The highest BCUT2D eigenvalue weighted by molar-refractivity contribution is 7.81. The largest absolute Gasteiger partial charge is 0.143 e. The molecule has 0 aliphatic carbocycles. The van der Waals surface area contributed by atoms with Gasteiger partial charge in [0.05, 0.1) is 0 Å². The number of hydrogen-bond acceptors (Lipinski definition) is 8. The number of benzene rings is 9. The van der Waals surface area contributed by atoms with Gasteiger partial charge in [-0.2, -0.15) is 0 Å². The lowest BCUT2D eigenvalue weighted by molar-refractivity contribution is 0.650. The van der Waals surface area contributed by atoms with E-state index in [9.17, 15) is 0 Å². The van der Waals surface area contributed by atoms with Crippen LogP contribution in [0.2, 0.25) is 0 Å². The summed E-state index contributed by atoms with van der Waals surface area (Å²) in [5, 5.41) is 0. The van der Waals surface area contributed by atoms with Gasteiger partial charge in [0.25, 0.3) is 0 Å². The molecule has 9 aromatic rings. The molecule has 66 heavy (non-hydrogen) atoms. The number of thiol groups is 8. The van der Waals surface area contributed by atoms with E-state index in [1.54, 1.807) is 0 Å². The van der Waals surface area contributed by atoms with Crippen molar-refractivity contribution in [1.29, 1.82) is 0 Å². The van der Waals surface area contributed by atoms with Crippen LogP contribution in [0.5, 0.6) is 0 Å². The standard InChI is InChI=1S/C58H46S8/c1-57(49-31-39(11-27-53(49)63)35-3-19-45(59)20-4-35,50-32-40(12-28-54(50)64)36-5-21-46(60)22-6-36)43-15-17-44(18-16-43)58(2,51-33-41(13-29-55(51)65)37-7-23-47(61)24-8-37)52-34-42(14-30-56(52)66)38-9-25-48(62)26-10-38/h3-34,59-66H,1-2H3. The zero-order valence-corrected chi connectivity index (χ0v) is 43.2. The molecule has 0 aliphatic rings. The molecule has 8 heteroatoms. The van der Waals surface area contributed by atoms with Crippen LogP contribution in [0.1, 0.15) is 47.2 Å². The Kier molecular flexibility index (Phi) is 13.8. The third-order valence-corrected chi connectivity index (χ3v) is 15.7. The summed E-state index contributed by atoms with van der Waals surface area (Å²) in [6.07, 6.45) is 0. The average molecular weight is 1000 g/mol. The van der Waals surface area contributed by atoms with Crippen molar-refractivity contribution in [2.45, 2.75) is 63.8 Å². The molecule has 0 amide bonds. The van der Waals surface area contributed by atoms with Crippen molar-refractivity contribution < 1.29 is 0 Å². The van der Waals surface area contributed by atoms with Gasteiger partial charge in [0, 0.05) is 50.0 Å². The molecule has 9 rings (SSSR count). The SMILES string of the molecule is CC(c1ccc(C(C)(c2cc(-c3ccc(S)cc3)ccc2S)c2cc(-c3ccc(S)cc3)ccc2S)cc1)(c1cc(-c2ccc(S)cc2)ccc1S)c1cc(-c2ccc(S)cc2)ccc1S. The van der Waals surface area contributed by atoms with Crippen molar-refractivity contribution in [2.24, 2.45) is 0 Å². The van der Waals surface area contributed by atoms with E-state index in [0.29, 0.717) is 0 Å². The maximum Gasteiger partial charge on any atom is 0.0445 e. The molecular formula is C58H46S8. The first-order valence-corrected chi connectivity index (χ1v) is 24.9. The summed E-state index contributed by atoms with van der Waals surface area (Å²) < 4.78 is 0. The summed E-state index contributed by atoms with van der Waals surface area (Å²) >= 11 is 39.2. The van der Waals surface area contributed by atoms with Gasteiger partial charge in [-0.15, -0.1) is 101 Å². The van der Waals surface area contributed by atoms with Crippen LogP contribution in [0.3, 0.4) is 0 Å². The lowest BCUT2D eigenvalue weighted by Gasteiger charge is -2.37. The van der Waals surface area contributed by atoms with E-state index in [2.05, 4.69) is 210 Å². The van der Waals surface area contributed by atoms with E-state index in [0.717, 1.165) is 117 Å². The molecule has 326 valence electrons. The molecule has 0 fully saturated rings. The molecule has 0 heterocycles. The molecule has 9 aromatic carbocycles. The fourth-order valence-corrected chi connectivity index (χ4v) is 11.2. The Hall–Kier alpha value is -4.22. The molecule has 0 nitrogen and oxygen atoms in total. The molecule has 0 saturated carbocycles. The minimum absolute atomic E-state index is 0.719. The minimum Gasteiger partial charge on any atom is -0.143 e. The average Bonchev–Trinajstić information content (AvgIpc) is 3.33. The van der Waals surface area contributed by atoms with Crippen molar-refractivity contribution >= 4 is 101 Å². The van der Waals surface area contributed by atoms with Crippen molar-refractivity contribution in [3.05, 3.63) is 228 Å². The van der Waals surface area contributed by atoms with Gasteiger partial charge in [-0.1, -0.05) is 97.1 Å². The van der Waals surface area contributed by atoms with Crippen LogP contribution in [0, 0.1) is 0 Å². The van der Waals surface area contributed by atoms with Crippen molar-refractivity contribution in [1.82, 2.24) is 0 Å². The molecule has 0 saturated heterocycles. The number of rotatable bonds is 10. The van der Waals surface area contributed by atoms with Gasteiger partial charge >= 0.3 is 0 Å². The van der Waals surface area contributed by atoms with E-state index in [1.165, 1.54) is 0 Å². The van der Waals surface area contributed by atoms with Crippen LogP contribution in [0.15, 0.2) is 233 Å². The molecule has 0 N–H and O–H groups in total. The van der Waals surface area contributed by atoms with E-state index < -0.39 is 10.8 Å². The molecule has 0 bridgehead atoms. The summed E-state index contributed by atoms with van der Waals surface area (Å²) in [4.78, 5) is 7.17. The minimum atomic E-state index is -0.719. The maximum atomic E-state index is 5.21. The fourth-order valence-electron chi connectivity index (χ4n) is 9.13. The smallest absolute Gasteiger partial charge is 0.0445 e. The van der Waals surface area contributed by atoms with Crippen molar-refractivity contribution in [3.8, 4) is 44.5 Å². The van der Waals surface area contributed by atoms with E-state index in [4.69, 9.17) is 50.5 Å². The van der Waals surface area contributed by atoms with Gasteiger partial charge in [0.2, 0.25) is 0 Å². The Morgan fingerprint density at radius 1 is 0.227 bits per heavy atom. The van der Waals surface area contributed by atoms with Crippen LogP contribution in [-0.4, -0.2) is 0 Å². The summed E-state index contributed by atoms with van der Waals surface area (Å²) in [5.74, 6) is 0. The first-order valence-electron chi connectivity index (χ1n) is 21.3.